The second-order valence-electron chi connectivity index (χ2n) is 3.54. The van der Waals surface area contributed by atoms with E-state index in [9.17, 15) is 0 Å². The van der Waals surface area contributed by atoms with Gasteiger partial charge in [-0.1, -0.05) is 25.1 Å². The number of rotatable bonds is 3. The summed E-state index contributed by atoms with van der Waals surface area (Å²) in [7, 11) is 5.98. The number of pyridine rings is 1. The number of hydrogen-bond donors (Lipinski definition) is 0. The highest BCUT2D eigenvalue weighted by atomic mass is 15.1. The smallest absolute Gasteiger partial charge is 0.0738 e. The van der Waals surface area contributed by atoms with Crippen molar-refractivity contribution >= 4 is 16.6 Å². The summed E-state index contributed by atoms with van der Waals surface area (Å²) in [5, 5.41) is 1.11. The molecule has 2 rings (SSSR count). The van der Waals surface area contributed by atoms with E-state index in [0.29, 0.717) is 0 Å². The summed E-state index contributed by atoms with van der Waals surface area (Å²) in [6.07, 6.45) is 2.83. The molecular formula is C13H14N2. The van der Waals surface area contributed by atoms with Crippen LogP contribution in [0.3, 0.4) is 0 Å². The highest BCUT2D eigenvalue weighted by Gasteiger charge is 2.04. The van der Waals surface area contributed by atoms with E-state index in [0.717, 1.165) is 29.6 Å². The van der Waals surface area contributed by atoms with Crippen LogP contribution in [0.2, 0.25) is 0 Å². The Morgan fingerprint density at radius 3 is 2.87 bits per heavy atom. The third-order valence-electron chi connectivity index (χ3n) is 2.40. The first-order chi connectivity index (χ1) is 7.33. The van der Waals surface area contributed by atoms with Gasteiger partial charge in [-0.15, -0.1) is 0 Å². The Morgan fingerprint density at radius 1 is 1.27 bits per heavy atom. The normalized spacial score (nSPS) is 10.5. The van der Waals surface area contributed by atoms with E-state index in [1.165, 1.54) is 0 Å². The van der Waals surface area contributed by atoms with Crippen LogP contribution in [0.25, 0.3) is 10.9 Å². The average molecular weight is 198 g/mol. The molecule has 0 unspecified atom stereocenters. The van der Waals surface area contributed by atoms with Crippen LogP contribution in [0.5, 0.6) is 0 Å². The van der Waals surface area contributed by atoms with Gasteiger partial charge >= 0.3 is 0 Å². The number of anilines is 1. The van der Waals surface area contributed by atoms with Gasteiger partial charge < -0.3 is 4.90 Å². The Hall–Kier alpha value is -1.57. The van der Waals surface area contributed by atoms with Gasteiger partial charge in [-0.3, -0.25) is 4.98 Å². The SMILES string of the molecule is [CH]N(CCC)c1ccnc2ccccc12. The minimum atomic E-state index is 0.855. The zero-order valence-corrected chi connectivity index (χ0v) is 8.85. The molecule has 0 N–H and O–H groups in total. The zero-order chi connectivity index (χ0) is 10.7. The van der Waals surface area contributed by atoms with Gasteiger partial charge in [0.15, 0.2) is 0 Å². The van der Waals surface area contributed by atoms with Gasteiger partial charge in [0, 0.05) is 23.8 Å². The van der Waals surface area contributed by atoms with Crippen molar-refractivity contribution in [1.29, 1.82) is 0 Å². The van der Waals surface area contributed by atoms with Crippen LogP contribution in [-0.4, -0.2) is 11.5 Å². The predicted octanol–water partition coefficient (Wildman–Crippen LogP) is 3.12. The maximum absolute atomic E-state index is 5.98. The number of aromatic nitrogens is 1. The van der Waals surface area contributed by atoms with E-state index in [4.69, 9.17) is 7.05 Å². The number of nitrogens with zero attached hydrogens (tertiary/aromatic N) is 2. The summed E-state index contributed by atoms with van der Waals surface area (Å²) in [6, 6.07) is 10.00. The molecule has 2 heteroatoms. The summed E-state index contributed by atoms with van der Waals surface area (Å²) >= 11 is 0. The number of fused-ring (bicyclic) bond motifs is 1. The Labute approximate surface area is 90.6 Å². The van der Waals surface area contributed by atoms with Crippen molar-refractivity contribution in [2.24, 2.45) is 0 Å². The molecule has 0 saturated heterocycles. The molecule has 0 aliphatic carbocycles. The standard InChI is InChI=1S/C13H14N2/c1-3-10-15(2)13-8-9-14-12-7-5-4-6-11(12)13/h2,4-9H,3,10H2,1H3. The molecule has 76 valence electrons. The van der Waals surface area contributed by atoms with Gasteiger partial charge in [-0.25, -0.2) is 0 Å². The average Bonchev–Trinajstić information content (AvgIpc) is 2.28. The van der Waals surface area contributed by atoms with Gasteiger partial charge in [0.25, 0.3) is 0 Å². The summed E-state index contributed by atoms with van der Waals surface area (Å²) in [4.78, 5) is 6.08. The van der Waals surface area contributed by atoms with Crippen molar-refractivity contribution in [2.75, 3.05) is 11.4 Å². The van der Waals surface area contributed by atoms with Gasteiger partial charge in [-0.2, -0.15) is 0 Å². The van der Waals surface area contributed by atoms with Crippen molar-refractivity contribution in [2.45, 2.75) is 13.3 Å². The van der Waals surface area contributed by atoms with Gasteiger partial charge in [0.2, 0.25) is 0 Å². The fraction of sp³-hybridized carbons (Fsp3) is 0.231. The van der Waals surface area contributed by atoms with Gasteiger partial charge in [0.05, 0.1) is 12.6 Å². The second-order valence-corrected chi connectivity index (χ2v) is 3.54. The summed E-state index contributed by atoms with van der Waals surface area (Å²) < 4.78 is 0. The van der Waals surface area contributed by atoms with E-state index in [-0.39, 0.29) is 0 Å². The number of hydrogen-bond acceptors (Lipinski definition) is 2. The lowest BCUT2D eigenvalue weighted by molar-refractivity contribution is 0.880. The molecule has 1 aromatic carbocycles. The minimum absolute atomic E-state index is 0.855. The maximum Gasteiger partial charge on any atom is 0.0738 e. The lowest BCUT2D eigenvalue weighted by Gasteiger charge is -2.19. The Morgan fingerprint density at radius 2 is 2.07 bits per heavy atom. The topological polar surface area (TPSA) is 16.1 Å². The van der Waals surface area contributed by atoms with Crippen LogP contribution in [0.1, 0.15) is 13.3 Å². The van der Waals surface area contributed by atoms with E-state index in [1.807, 2.05) is 30.3 Å². The molecule has 0 atom stereocenters. The molecule has 2 nitrogen and oxygen atoms in total. The molecule has 2 aromatic rings. The van der Waals surface area contributed by atoms with Gasteiger partial charge in [0.1, 0.15) is 0 Å². The van der Waals surface area contributed by atoms with Crippen LogP contribution in [0.15, 0.2) is 36.5 Å². The van der Waals surface area contributed by atoms with E-state index < -0.39 is 0 Å². The largest absolute Gasteiger partial charge is 0.364 e. The van der Waals surface area contributed by atoms with Crippen molar-refractivity contribution < 1.29 is 0 Å². The van der Waals surface area contributed by atoms with Crippen molar-refractivity contribution in [3.05, 3.63) is 43.6 Å². The first-order valence-electron chi connectivity index (χ1n) is 5.19. The molecule has 0 amide bonds. The van der Waals surface area contributed by atoms with E-state index >= 15 is 0 Å². The zero-order valence-electron chi connectivity index (χ0n) is 8.85. The molecule has 15 heavy (non-hydrogen) atoms. The highest BCUT2D eigenvalue weighted by Crippen LogP contribution is 2.24. The summed E-state index contributed by atoms with van der Waals surface area (Å²) in [6.45, 7) is 2.97. The molecule has 0 fully saturated rings. The van der Waals surface area contributed by atoms with Crippen molar-refractivity contribution in [3.8, 4) is 0 Å². The summed E-state index contributed by atoms with van der Waals surface area (Å²) in [5.41, 5.74) is 2.03. The third-order valence-corrected chi connectivity index (χ3v) is 2.40. The molecule has 1 heterocycles. The first-order valence-corrected chi connectivity index (χ1v) is 5.19. The maximum atomic E-state index is 5.98. The number of benzene rings is 1. The molecular weight excluding hydrogens is 184 g/mol. The quantitative estimate of drug-likeness (QED) is 0.704. The Bertz CT molecular complexity index is 446. The minimum Gasteiger partial charge on any atom is -0.364 e. The van der Waals surface area contributed by atoms with Crippen LogP contribution in [-0.2, 0) is 0 Å². The van der Waals surface area contributed by atoms with Crippen molar-refractivity contribution in [1.82, 2.24) is 4.98 Å². The van der Waals surface area contributed by atoms with E-state index in [2.05, 4.69) is 11.9 Å². The molecule has 0 bridgehead atoms. The molecule has 0 aliphatic heterocycles. The van der Waals surface area contributed by atoms with Crippen molar-refractivity contribution in [3.63, 3.8) is 0 Å². The lowest BCUT2D eigenvalue weighted by atomic mass is 10.1. The molecule has 0 spiro atoms. The van der Waals surface area contributed by atoms with E-state index in [1.54, 1.807) is 11.1 Å². The molecule has 0 saturated carbocycles. The molecule has 1 aromatic heterocycles. The highest BCUT2D eigenvalue weighted by molar-refractivity contribution is 5.91. The van der Waals surface area contributed by atoms with Crippen LogP contribution < -0.4 is 4.90 Å². The Kier molecular flexibility index (Phi) is 2.86. The summed E-state index contributed by atoms with van der Waals surface area (Å²) in [5.74, 6) is 0. The first kappa shape index (κ1) is 9.97. The van der Waals surface area contributed by atoms with Crippen LogP contribution >= 0.6 is 0 Å². The lowest BCUT2D eigenvalue weighted by Crippen LogP contribution is -2.15. The van der Waals surface area contributed by atoms with Crippen LogP contribution in [0, 0.1) is 7.05 Å². The molecule has 0 aliphatic rings. The Balaban J connectivity index is 2.50. The van der Waals surface area contributed by atoms with Gasteiger partial charge in [-0.05, 0) is 18.6 Å². The third kappa shape index (κ3) is 1.94. The fourth-order valence-electron chi connectivity index (χ4n) is 1.69. The monoisotopic (exact) mass is 198 g/mol. The number of para-hydroxylation sites is 1. The fourth-order valence-corrected chi connectivity index (χ4v) is 1.69. The second kappa shape index (κ2) is 4.30. The van der Waals surface area contributed by atoms with Crippen LogP contribution in [0.4, 0.5) is 5.69 Å². The molecule has 2 radical (unpaired) electrons. The predicted molar refractivity (Wildman–Crippen MR) is 63.7 cm³/mol.